The average Bonchev–Trinajstić information content (AvgIpc) is 2.81. The third kappa shape index (κ3) is 2.26. The van der Waals surface area contributed by atoms with Crippen molar-refractivity contribution in [3.05, 3.63) is 53.2 Å². The number of carbonyl (C=O) groups is 1. The molecule has 112 valence electrons. The number of benzene rings is 2. The van der Waals surface area contributed by atoms with E-state index in [2.05, 4.69) is 37.1 Å². The van der Waals surface area contributed by atoms with Gasteiger partial charge >= 0.3 is 5.97 Å². The number of hydrogen-bond donors (Lipinski definition) is 0. The molecule has 0 spiro atoms. The largest absolute Gasteiger partial charge is 0.464 e. The molecular weight excluding hydrogens is 276 g/mol. The van der Waals surface area contributed by atoms with Crippen molar-refractivity contribution in [2.75, 3.05) is 7.11 Å². The van der Waals surface area contributed by atoms with Gasteiger partial charge in [0.05, 0.1) is 7.11 Å². The fourth-order valence-corrected chi connectivity index (χ4v) is 2.92. The van der Waals surface area contributed by atoms with Crippen LogP contribution in [-0.4, -0.2) is 22.9 Å². The minimum Gasteiger partial charge on any atom is -0.464 e. The van der Waals surface area contributed by atoms with Gasteiger partial charge in [-0.3, -0.25) is 4.68 Å². The first-order chi connectivity index (χ1) is 10.5. The number of methoxy groups -OCH3 is 1. The highest BCUT2D eigenvalue weighted by molar-refractivity contribution is 6.06. The molecule has 0 aliphatic rings. The topological polar surface area (TPSA) is 44.1 Å². The van der Waals surface area contributed by atoms with Gasteiger partial charge in [0.15, 0.2) is 5.69 Å². The van der Waals surface area contributed by atoms with Gasteiger partial charge < -0.3 is 4.74 Å². The highest BCUT2D eigenvalue weighted by Gasteiger charge is 2.19. The number of hydrogen-bond acceptors (Lipinski definition) is 3. The predicted molar refractivity (Wildman–Crippen MR) is 87.0 cm³/mol. The minimum atomic E-state index is -0.373. The van der Waals surface area contributed by atoms with Gasteiger partial charge in [0.25, 0.3) is 0 Å². The van der Waals surface area contributed by atoms with Crippen LogP contribution in [0.1, 0.15) is 21.6 Å². The van der Waals surface area contributed by atoms with Crippen molar-refractivity contribution in [1.29, 1.82) is 0 Å². The van der Waals surface area contributed by atoms with Crippen LogP contribution in [0, 0.1) is 13.8 Å². The molecule has 0 aliphatic carbocycles. The van der Waals surface area contributed by atoms with Gasteiger partial charge in [0.2, 0.25) is 0 Å². The molecule has 3 aromatic rings. The van der Waals surface area contributed by atoms with E-state index in [1.807, 2.05) is 18.2 Å². The van der Waals surface area contributed by atoms with Crippen molar-refractivity contribution in [1.82, 2.24) is 9.78 Å². The number of nitrogens with zero attached hydrogens (tertiary/aromatic N) is 2. The van der Waals surface area contributed by atoms with Gasteiger partial charge in [-0.15, -0.1) is 0 Å². The average molecular weight is 294 g/mol. The van der Waals surface area contributed by atoms with Crippen molar-refractivity contribution < 1.29 is 9.53 Å². The molecule has 0 bridgehead atoms. The van der Waals surface area contributed by atoms with Crippen molar-refractivity contribution in [3.8, 4) is 11.1 Å². The Balaban J connectivity index is 2.30. The number of esters is 1. The summed E-state index contributed by atoms with van der Waals surface area (Å²) in [6, 6.07) is 12.3. The van der Waals surface area contributed by atoms with Crippen LogP contribution < -0.4 is 0 Å². The Morgan fingerprint density at radius 1 is 1.14 bits per heavy atom. The Bertz CT molecular complexity index is 858. The molecule has 0 unspecified atom stereocenters. The molecule has 0 fully saturated rings. The van der Waals surface area contributed by atoms with E-state index in [0.29, 0.717) is 5.69 Å². The van der Waals surface area contributed by atoms with E-state index in [1.54, 1.807) is 11.7 Å². The second-order valence-electron chi connectivity index (χ2n) is 5.54. The van der Waals surface area contributed by atoms with Crippen molar-refractivity contribution >= 4 is 16.9 Å². The summed E-state index contributed by atoms with van der Waals surface area (Å²) in [5.74, 6) is -0.373. The number of fused-ring (bicyclic) bond motifs is 1. The second-order valence-corrected chi connectivity index (χ2v) is 5.54. The van der Waals surface area contributed by atoms with Crippen LogP contribution in [0.25, 0.3) is 22.0 Å². The first kappa shape index (κ1) is 14.3. The first-order valence-corrected chi connectivity index (χ1v) is 7.14. The third-order valence-corrected chi connectivity index (χ3v) is 3.78. The van der Waals surface area contributed by atoms with E-state index >= 15 is 0 Å². The predicted octanol–water partition coefficient (Wildman–Crippen LogP) is 3.64. The molecule has 0 radical (unpaired) electrons. The fourth-order valence-electron chi connectivity index (χ4n) is 2.92. The van der Waals surface area contributed by atoms with Crippen LogP contribution in [0.15, 0.2) is 36.4 Å². The van der Waals surface area contributed by atoms with E-state index in [1.165, 1.54) is 18.2 Å². The highest BCUT2D eigenvalue weighted by atomic mass is 16.5. The van der Waals surface area contributed by atoms with Gasteiger partial charge in [-0.2, -0.15) is 5.10 Å². The summed E-state index contributed by atoms with van der Waals surface area (Å²) < 4.78 is 6.45. The lowest BCUT2D eigenvalue weighted by atomic mass is 9.98. The van der Waals surface area contributed by atoms with Crippen LogP contribution in [0.3, 0.4) is 0 Å². The molecule has 0 N–H and O–H groups in total. The molecule has 0 amide bonds. The van der Waals surface area contributed by atoms with Gasteiger partial charge in [-0.25, -0.2) is 4.79 Å². The molecule has 0 saturated heterocycles. The normalized spacial score (nSPS) is 10.9. The second kappa shape index (κ2) is 5.30. The van der Waals surface area contributed by atoms with Gasteiger partial charge in [-0.1, -0.05) is 47.5 Å². The molecule has 2 aromatic carbocycles. The Labute approximate surface area is 129 Å². The Hall–Kier alpha value is -2.62. The maximum atomic E-state index is 12.0. The number of rotatable bonds is 2. The molecule has 3 rings (SSSR count). The third-order valence-electron chi connectivity index (χ3n) is 3.78. The minimum absolute atomic E-state index is 0.373. The summed E-state index contributed by atoms with van der Waals surface area (Å²) in [7, 11) is 3.15. The SMILES string of the molecule is COC(=O)c1c2cccc(-c3cc(C)cc(C)c3)c2nn1C. The lowest BCUT2D eigenvalue weighted by molar-refractivity contribution is 0.0590. The highest BCUT2D eigenvalue weighted by Crippen LogP contribution is 2.31. The zero-order chi connectivity index (χ0) is 15.9. The molecule has 0 aliphatic heterocycles. The van der Waals surface area contributed by atoms with E-state index in [-0.39, 0.29) is 5.97 Å². The van der Waals surface area contributed by atoms with Crippen LogP contribution in [0.2, 0.25) is 0 Å². The van der Waals surface area contributed by atoms with Crippen molar-refractivity contribution in [3.63, 3.8) is 0 Å². The Kier molecular flexibility index (Phi) is 3.45. The summed E-state index contributed by atoms with van der Waals surface area (Å²) in [6.07, 6.45) is 0. The lowest BCUT2D eigenvalue weighted by Crippen LogP contribution is -2.08. The Morgan fingerprint density at radius 2 is 1.82 bits per heavy atom. The molecular formula is C18H18N2O2. The van der Waals surface area contributed by atoms with Crippen molar-refractivity contribution in [2.24, 2.45) is 7.05 Å². The summed E-state index contributed by atoms with van der Waals surface area (Å²) in [5, 5.41) is 5.34. The van der Waals surface area contributed by atoms with Crippen LogP contribution >= 0.6 is 0 Å². The van der Waals surface area contributed by atoms with Gasteiger partial charge in [0.1, 0.15) is 5.52 Å². The number of aromatic nitrogens is 2. The monoisotopic (exact) mass is 294 g/mol. The zero-order valence-corrected chi connectivity index (χ0v) is 13.2. The molecule has 1 heterocycles. The van der Waals surface area contributed by atoms with Gasteiger partial charge in [-0.05, 0) is 19.4 Å². The summed E-state index contributed by atoms with van der Waals surface area (Å²) >= 11 is 0. The molecule has 4 heteroatoms. The van der Waals surface area contributed by atoms with E-state index in [9.17, 15) is 4.79 Å². The van der Waals surface area contributed by atoms with Gasteiger partial charge in [0, 0.05) is 18.0 Å². The first-order valence-electron chi connectivity index (χ1n) is 7.14. The van der Waals surface area contributed by atoms with Crippen molar-refractivity contribution in [2.45, 2.75) is 13.8 Å². The van der Waals surface area contributed by atoms with E-state index < -0.39 is 0 Å². The smallest absolute Gasteiger partial charge is 0.356 e. The van der Waals surface area contributed by atoms with E-state index in [4.69, 9.17) is 4.74 Å². The standard InChI is InChI=1S/C18H18N2O2/c1-11-8-12(2)10-13(9-11)14-6-5-7-15-16(14)19-20(3)17(15)18(21)22-4/h5-10H,1-4H3. The molecule has 22 heavy (non-hydrogen) atoms. The zero-order valence-electron chi connectivity index (χ0n) is 13.2. The fraction of sp³-hybridized carbons (Fsp3) is 0.222. The summed E-state index contributed by atoms with van der Waals surface area (Å²) in [4.78, 5) is 12.0. The lowest BCUT2D eigenvalue weighted by Gasteiger charge is -2.06. The maximum Gasteiger partial charge on any atom is 0.356 e. The van der Waals surface area contributed by atoms with E-state index in [0.717, 1.165) is 22.0 Å². The quantitative estimate of drug-likeness (QED) is 0.678. The molecule has 0 atom stereocenters. The molecule has 0 saturated carbocycles. The van der Waals surface area contributed by atoms with Crippen LogP contribution in [0.4, 0.5) is 0 Å². The number of ether oxygens (including phenoxy) is 1. The Morgan fingerprint density at radius 3 is 2.45 bits per heavy atom. The van der Waals surface area contributed by atoms with Crippen LogP contribution in [0.5, 0.6) is 0 Å². The maximum absolute atomic E-state index is 12.0. The number of carbonyl (C=O) groups excluding carboxylic acids is 1. The summed E-state index contributed by atoms with van der Waals surface area (Å²) in [6.45, 7) is 4.16. The number of aryl methyl sites for hydroxylation is 3. The molecule has 4 nitrogen and oxygen atoms in total. The van der Waals surface area contributed by atoms with Crippen LogP contribution in [-0.2, 0) is 11.8 Å². The summed E-state index contributed by atoms with van der Waals surface area (Å²) in [5.41, 5.74) is 5.83. The molecule has 1 aromatic heterocycles.